The van der Waals surface area contributed by atoms with Crippen molar-refractivity contribution in [2.24, 2.45) is 5.73 Å². The highest BCUT2D eigenvalue weighted by Crippen LogP contribution is 2.42. The van der Waals surface area contributed by atoms with Gasteiger partial charge in [0, 0.05) is 23.7 Å². The SMILES string of the molecule is CC(C)n1cc(C(N)CO)c(C2CC2)n1. The summed E-state index contributed by atoms with van der Waals surface area (Å²) >= 11 is 0. The van der Waals surface area contributed by atoms with Gasteiger partial charge in [0.1, 0.15) is 0 Å². The molecule has 0 aliphatic heterocycles. The maximum Gasteiger partial charge on any atom is 0.0704 e. The second-order valence-corrected chi connectivity index (χ2v) is 4.61. The van der Waals surface area contributed by atoms with E-state index >= 15 is 0 Å². The quantitative estimate of drug-likeness (QED) is 0.786. The lowest BCUT2D eigenvalue weighted by Crippen LogP contribution is -2.15. The van der Waals surface area contributed by atoms with Crippen LogP contribution in [0.1, 0.15) is 55.9 Å². The van der Waals surface area contributed by atoms with Gasteiger partial charge < -0.3 is 10.8 Å². The number of aliphatic hydroxyl groups is 1. The molecule has 84 valence electrons. The monoisotopic (exact) mass is 209 g/mol. The molecule has 0 radical (unpaired) electrons. The molecule has 0 saturated heterocycles. The fourth-order valence-corrected chi connectivity index (χ4v) is 1.74. The van der Waals surface area contributed by atoms with Gasteiger partial charge in [0.15, 0.2) is 0 Å². The zero-order valence-corrected chi connectivity index (χ0v) is 9.35. The van der Waals surface area contributed by atoms with E-state index in [1.807, 2.05) is 10.9 Å². The van der Waals surface area contributed by atoms with Crippen molar-refractivity contribution in [3.05, 3.63) is 17.5 Å². The molecule has 1 aliphatic rings. The fraction of sp³-hybridized carbons (Fsp3) is 0.727. The summed E-state index contributed by atoms with van der Waals surface area (Å²) in [5.74, 6) is 0.581. The van der Waals surface area contributed by atoms with E-state index < -0.39 is 0 Å². The molecule has 0 amide bonds. The van der Waals surface area contributed by atoms with Crippen LogP contribution in [0.25, 0.3) is 0 Å². The summed E-state index contributed by atoms with van der Waals surface area (Å²) in [5.41, 5.74) is 7.99. The first-order chi connectivity index (χ1) is 7.13. The van der Waals surface area contributed by atoms with Gasteiger partial charge >= 0.3 is 0 Å². The molecule has 1 atom stereocenters. The normalized spacial score (nSPS) is 18.5. The minimum Gasteiger partial charge on any atom is -0.394 e. The van der Waals surface area contributed by atoms with Crippen LogP contribution in [0, 0.1) is 0 Å². The van der Waals surface area contributed by atoms with Crippen LogP contribution in [0.2, 0.25) is 0 Å². The molecule has 1 aliphatic carbocycles. The van der Waals surface area contributed by atoms with Crippen molar-refractivity contribution in [1.82, 2.24) is 9.78 Å². The second kappa shape index (κ2) is 3.94. The van der Waals surface area contributed by atoms with Gasteiger partial charge in [-0.25, -0.2) is 0 Å². The molecule has 4 heteroatoms. The van der Waals surface area contributed by atoms with Crippen molar-refractivity contribution in [3.8, 4) is 0 Å². The minimum atomic E-state index is -0.284. The first kappa shape index (κ1) is 10.6. The molecular weight excluding hydrogens is 190 g/mol. The van der Waals surface area contributed by atoms with E-state index in [1.54, 1.807) is 0 Å². The van der Waals surface area contributed by atoms with Gasteiger partial charge in [-0.05, 0) is 26.7 Å². The zero-order valence-electron chi connectivity index (χ0n) is 9.35. The maximum atomic E-state index is 9.10. The Balaban J connectivity index is 2.32. The lowest BCUT2D eigenvalue weighted by Gasteiger charge is -2.06. The van der Waals surface area contributed by atoms with E-state index in [4.69, 9.17) is 10.8 Å². The molecule has 1 aromatic heterocycles. The van der Waals surface area contributed by atoms with E-state index in [1.165, 1.54) is 12.8 Å². The van der Waals surface area contributed by atoms with Gasteiger partial charge in [0.05, 0.1) is 18.3 Å². The Morgan fingerprint density at radius 1 is 1.60 bits per heavy atom. The lowest BCUT2D eigenvalue weighted by molar-refractivity contribution is 0.267. The Hall–Kier alpha value is -0.870. The molecule has 1 fully saturated rings. The molecule has 1 heterocycles. The number of hydrogen-bond acceptors (Lipinski definition) is 3. The van der Waals surface area contributed by atoms with Gasteiger partial charge in [-0.15, -0.1) is 0 Å². The summed E-state index contributed by atoms with van der Waals surface area (Å²) in [6.07, 6.45) is 4.40. The van der Waals surface area contributed by atoms with Gasteiger partial charge in [0.2, 0.25) is 0 Å². The minimum absolute atomic E-state index is 0.0104. The number of hydrogen-bond donors (Lipinski definition) is 2. The predicted octanol–water partition coefficient (Wildman–Crippen LogP) is 1.33. The Morgan fingerprint density at radius 2 is 2.27 bits per heavy atom. The third-order valence-electron chi connectivity index (χ3n) is 2.88. The van der Waals surface area contributed by atoms with Crippen molar-refractivity contribution in [2.75, 3.05) is 6.61 Å². The van der Waals surface area contributed by atoms with Gasteiger partial charge in [-0.1, -0.05) is 0 Å². The van der Waals surface area contributed by atoms with Crippen LogP contribution in [0.3, 0.4) is 0 Å². The molecular formula is C11H19N3O. The van der Waals surface area contributed by atoms with Crippen LogP contribution in [-0.4, -0.2) is 21.5 Å². The number of nitrogens with zero attached hydrogens (tertiary/aromatic N) is 2. The Bertz CT molecular complexity index is 342. The highest BCUT2D eigenvalue weighted by Gasteiger charge is 2.31. The summed E-state index contributed by atoms with van der Waals surface area (Å²) in [6, 6.07) is 0.0650. The van der Waals surface area contributed by atoms with Crippen LogP contribution >= 0.6 is 0 Å². The van der Waals surface area contributed by atoms with Gasteiger partial charge in [0.25, 0.3) is 0 Å². The molecule has 3 N–H and O–H groups in total. The van der Waals surface area contributed by atoms with Crippen molar-refractivity contribution in [1.29, 1.82) is 0 Å². The topological polar surface area (TPSA) is 64.1 Å². The molecule has 2 rings (SSSR count). The third-order valence-corrected chi connectivity index (χ3v) is 2.88. The van der Waals surface area contributed by atoms with Crippen LogP contribution in [0.15, 0.2) is 6.20 Å². The Labute approximate surface area is 90.1 Å². The van der Waals surface area contributed by atoms with Gasteiger partial charge in [-0.2, -0.15) is 5.10 Å². The highest BCUT2D eigenvalue weighted by atomic mass is 16.3. The molecule has 4 nitrogen and oxygen atoms in total. The predicted molar refractivity (Wildman–Crippen MR) is 58.6 cm³/mol. The first-order valence-corrected chi connectivity index (χ1v) is 5.59. The summed E-state index contributed by atoms with van der Waals surface area (Å²) in [7, 11) is 0. The van der Waals surface area contributed by atoms with E-state index in [-0.39, 0.29) is 12.6 Å². The molecule has 15 heavy (non-hydrogen) atoms. The molecule has 1 unspecified atom stereocenters. The van der Waals surface area contributed by atoms with E-state index in [9.17, 15) is 0 Å². The van der Waals surface area contributed by atoms with Crippen LogP contribution in [0.5, 0.6) is 0 Å². The number of aliphatic hydroxyl groups excluding tert-OH is 1. The van der Waals surface area contributed by atoms with E-state index in [0.717, 1.165) is 11.3 Å². The Kier molecular flexibility index (Phi) is 2.80. The summed E-state index contributed by atoms with van der Waals surface area (Å²) in [4.78, 5) is 0. The molecule has 0 spiro atoms. The second-order valence-electron chi connectivity index (χ2n) is 4.61. The van der Waals surface area contributed by atoms with Crippen molar-refractivity contribution < 1.29 is 5.11 Å². The number of aromatic nitrogens is 2. The van der Waals surface area contributed by atoms with Crippen LogP contribution in [0.4, 0.5) is 0 Å². The van der Waals surface area contributed by atoms with Crippen LogP contribution in [-0.2, 0) is 0 Å². The fourth-order valence-electron chi connectivity index (χ4n) is 1.74. The summed E-state index contributed by atoms with van der Waals surface area (Å²) in [5, 5.41) is 13.7. The van der Waals surface area contributed by atoms with Crippen LogP contribution < -0.4 is 5.73 Å². The standard InChI is InChI=1S/C11H19N3O/c1-7(2)14-5-9(10(12)6-15)11(13-14)8-3-4-8/h5,7-8,10,15H,3-4,6,12H2,1-2H3. The lowest BCUT2D eigenvalue weighted by atomic mass is 10.1. The van der Waals surface area contributed by atoms with Gasteiger partial charge in [-0.3, -0.25) is 4.68 Å². The van der Waals surface area contributed by atoms with Crippen molar-refractivity contribution >= 4 is 0 Å². The van der Waals surface area contributed by atoms with E-state index in [2.05, 4.69) is 18.9 Å². The first-order valence-electron chi connectivity index (χ1n) is 5.59. The average molecular weight is 209 g/mol. The zero-order chi connectivity index (χ0) is 11.0. The largest absolute Gasteiger partial charge is 0.394 e. The number of rotatable bonds is 4. The highest BCUT2D eigenvalue weighted by molar-refractivity contribution is 5.28. The third kappa shape index (κ3) is 2.06. The summed E-state index contributed by atoms with van der Waals surface area (Å²) < 4.78 is 1.94. The smallest absolute Gasteiger partial charge is 0.0704 e. The number of nitrogens with two attached hydrogens (primary N) is 1. The molecule has 1 saturated carbocycles. The Morgan fingerprint density at radius 3 is 2.73 bits per heavy atom. The van der Waals surface area contributed by atoms with Crippen molar-refractivity contribution in [2.45, 2.75) is 44.7 Å². The molecule has 0 aromatic carbocycles. The summed E-state index contributed by atoms with van der Waals surface area (Å²) in [6.45, 7) is 4.18. The molecule has 1 aromatic rings. The van der Waals surface area contributed by atoms with E-state index in [0.29, 0.717) is 12.0 Å². The van der Waals surface area contributed by atoms with Crippen molar-refractivity contribution in [3.63, 3.8) is 0 Å². The molecule has 0 bridgehead atoms. The maximum absolute atomic E-state index is 9.10. The average Bonchev–Trinajstić information content (AvgIpc) is 2.96.